The smallest absolute Gasteiger partial charge is 0.416 e. The molecule has 0 aliphatic rings. The normalized spacial score (nSPS) is 11.7. The maximum Gasteiger partial charge on any atom is 0.416 e. The van der Waals surface area contributed by atoms with Gasteiger partial charge in [0.05, 0.1) is 54.0 Å². The molecular weight excluding hydrogens is 652 g/mol. The summed E-state index contributed by atoms with van der Waals surface area (Å²) in [6, 6.07) is 11.1. The molecule has 0 bridgehead atoms. The number of benzene rings is 3. The number of amides is 2. The average Bonchev–Trinajstić information content (AvgIpc) is 3.41. The zero-order valence-electron chi connectivity index (χ0n) is 23.2. The second-order valence-corrected chi connectivity index (χ2v) is 10.4. The quantitative estimate of drug-likeness (QED) is 0.144. The Hall–Kier alpha value is -4.44. The summed E-state index contributed by atoms with van der Waals surface area (Å²) in [7, 11) is 2.81. The molecule has 2 N–H and O–H groups in total. The van der Waals surface area contributed by atoms with E-state index < -0.39 is 41.0 Å². The molecule has 1 aromatic heterocycles. The van der Waals surface area contributed by atoms with Gasteiger partial charge in [0.25, 0.3) is 5.91 Å². The van der Waals surface area contributed by atoms with Gasteiger partial charge < -0.3 is 20.1 Å². The number of rotatable bonds is 10. The summed E-state index contributed by atoms with van der Waals surface area (Å²) in [4.78, 5) is 25.6. The molecule has 0 fully saturated rings. The highest BCUT2D eigenvalue weighted by atomic mass is 35.5. The predicted octanol–water partition coefficient (Wildman–Crippen LogP) is 6.64. The number of halogens is 7. The van der Waals surface area contributed by atoms with Gasteiger partial charge in [0.2, 0.25) is 5.91 Å². The maximum atomic E-state index is 13.5. The molecule has 0 unspecified atom stereocenters. The number of aromatic nitrogens is 3. The van der Waals surface area contributed by atoms with Crippen LogP contribution >= 0.6 is 23.4 Å². The van der Waals surface area contributed by atoms with Crippen molar-refractivity contribution in [2.45, 2.75) is 24.1 Å². The molecule has 2 amide bonds. The van der Waals surface area contributed by atoms with Gasteiger partial charge in [0.1, 0.15) is 11.5 Å². The molecule has 0 saturated carbocycles. The number of anilines is 1. The lowest BCUT2D eigenvalue weighted by Gasteiger charge is -2.14. The molecule has 0 aliphatic carbocycles. The summed E-state index contributed by atoms with van der Waals surface area (Å²) in [6.45, 7) is -0.297. The van der Waals surface area contributed by atoms with Crippen LogP contribution in [0.2, 0.25) is 5.02 Å². The van der Waals surface area contributed by atoms with Crippen LogP contribution in [0.15, 0.2) is 65.8 Å². The number of thioether (sulfide) groups is 1. The molecule has 0 atom stereocenters. The van der Waals surface area contributed by atoms with Gasteiger partial charge in [-0.2, -0.15) is 26.3 Å². The number of carbonyl (C=O) groups excluding carboxylic acids is 2. The monoisotopic (exact) mass is 673 g/mol. The van der Waals surface area contributed by atoms with Crippen molar-refractivity contribution >= 4 is 40.9 Å². The fourth-order valence-electron chi connectivity index (χ4n) is 3.90. The Morgan fingerprint density at radius 2 is 1.53 bits per heavy atom. The van der Waals surface area contributed by atoms with Gasteiger partial charge in [0, 0.05) is 11.6 Å². The van der Waals surface area contributed by atoms with Crippen molar-refractivity contribution in [3.05, 3.63) is 88.2 Å². The van der Waals surface area contributed by atoms with Crippen molar-refractivity contribution in [1.82, 2.24) is 20.1 Å². The molecule has 0 saturated heterocycles. The van der Waals surface area contributed by atoms with Gasteiger partial charge in [0.15, 0.2) is 11.0 Å². The summed E-state index contributed by atoms with van der Waals surface area (Å²) in [5.74, 6) is -1.09. The van der Waals surface area contributed by atoms with Crippen molar-refractivity contribution < 1.29 is 45.4 Å². The van der Waals surface area contributed by atoms with Crippen LogP contribution in [0.4, 0.5) is 32.0 Å². The first-order valence-electron chi connectivity index (χ1n) is 12.6. The second-order valence-electron chi connectivity index (χ2n) is 9.10. The van der Waals surface area contributed by atoms with Crippen LogP contribution in [0, 0.1) is 0 Å². The highest BCUT2D eigenvalue weighted by Crippen LogP contribution is 2.35. The Kier molecular flexibility index (Phi) is 10.2. The van der Waals surface area contributed by atoms with Gasteiger partial charge in [-0.25, -0.2) is 0 Å². The SMILES string of the molecule is COc1cc(OC)cc(C(=O)NCc2nnc(SCC(=O)Nc3cc(C(F)(F)F)ccc3Cl)n2-c2cccc(C(F)(F)F)c2)c1. The van der Waals surface area contributed by atoms with E-state index in [1.807, 2.05) is 0 Å². The number of alkyl halides is 6. The summed E-state index contributed by atoms with van der Waals surface area (Å²) >= 11 is 6.69. The first-order valence-corrected chi connectivity index (χ1v) is 14.0. The van der Waals surface area contributed by atoms with Gasteiger partial charge in [-0.1, -0.05) is 29.4 Å². The number of ether oxygens (including phenoxy) is 2. The number of carbonyl (C=O) groups is 2. The zero-order valence-corrected chi connectivity index (χ0v) is 24.8. The minimum Gasteiger partial charge on any atom is -0.497 e. The second kappa shape index (κ2) is 13.7. The van der Waals surface area contributed by atoms with Gasteiger partial charge in [-0.3, -0.25) is 14.2 Å². The molecule has 45 heavy (non-hydrogen) atoms. The third-order valence-electron chi connectivity index (χ3n) is 6.05. The molecule has 0 aliphatic heterocycles. The molecule has 238 valence electrons. The average molecular weight is 674 g/mol. The van der Waals surface area contributed by atoms with Crippen molar-refractivity contribution in [3.63, 3.8) is 0 Å². The van der Waals surface area contributed by atoms with Crippen LogP contribution in [-0.2, 0) is 23.7 Å². The van der Waals surface area contributed by atoms with E-state index in [1.165, 1.54) is 43.1 Å². The third-order valence-corrected chi connectivity index (χ3v) is 7.31. The molecule has 3 aromatic carbocycles. The fraction of sp³-hybridized carbons (Fsp3) is 0.214. The Morgan fingerprint density at radius 1 is 0.889 bits per heavy atom. The zero-order chi connectivity index (χ0) is 32.9. The highest BCUT2D eigenvalue weighted by Gasteiger charge is 2.32. The molecule has 4 aromatic rings. The van der Waals surface area contributed by atoms with E-state index in [0.717, 1.165) is 36.0 Å². The van der Waals surface area contributed by atoms with Crippen LogP contribution in [0.25, 0.3) is 5.69 Å². The van der Waals surface area contributed by atoms with Crippen molar-refractivity contribution in [2.75, 3.05) is 25.3 Å². The predicted molar refractivity (Wildman–Crippen MR) is 153 cm³/mol. The lowest BCUT2D eigenvalue weighted by atomic mass is 10.2. The first-order chi connectivity index (χ1) is 21.2. The van der Waals surface area contributed by atoms with E-state index in [2.05, 4.69) is 20.8 Å². The highest BCUT2D eigenvalue weighted by molar-refractivity contribution is 7.99. The molecule has 0 spiro atoms. The topological polar surface area (TPSA) is 107 Å². The Labute approximate surface area is 260 Å². The van der Waals surface area contributed by atoms with Gasteiger partial charge in [-0.15, -0.1) is 10.2 Å². The van der Waals surface area contributed by atoms with Crippen LogP contribution < -0.4 is 20.1 Å². The van der Waals surface area contributed by atoms with Gasteiger partial charge in [-0.05, 0) is 48.5 Å². The van der Waals surface area contributed by atoms with Crippen LogP contribution in [0.1, 0.15) is 27.3 Å². The summed E-state index contributed by atoms with van der Waals surface area (Å²) in [5, 5.41) is 12.7. The minimum atomic E-state index is -4.68. The van der Waals surface area contributed by atoms with Crippen molar-refractivity contribution in [3.8, 4) is 17.2 Å². The number of hydrogen-bond donors (Lipinski definition) is 2. The molecule has 4 rings (SSSR count). The van der Waals surface area contributed by atoms with Crippen LogP contribution in [0.3, 0.4) is 0 Å². The lowest BCUT2D eigenvalue weighted by molar-refractivity contribution is -0.138. The molecule has 0 radical (unpaired) electrons. The Bertz CT molecular complexity index is 1690. The van der Waals surface area contributed by atoms with E-state index in [0.29, 0.717) is 17.6 Å². The summed E-state index contributed by atoms with van der Waals surface area (Å²) in [5.41, 5.74) is -2.14. The van der Waals surface area contributed by atoms with E-state index in [9.17, 15) is 35.9 Å². The van der Waals surface area contributed by atoms with E-state index in [-0.39, 0.29) is 39.5 Å². The van der Waals surface area contributed by atoms with Crippen LogP contribution in [-0.4, -0.2) is 46.6 Å². The third kappa shape index (κ3) is 8.39. The minimum absolute atomic E-state index is 0.0152. The number of nitrogens with zero attached hydrogens (tertiary/aromatic N) is 3. The van der Waals surface area contributed by atoms with Gasteiger partial charge >= 0.3 is 12.4 Å². The number of hydrogen-bond acceptors (Lipinski definition) is 7. The standard InChI is InChI=1S/C28H22ClF6N5O4S/c1-43-19-8-15(9-20(12-19)44-2)25(42)36-13-23-38-39-26(40(23)18-5-3-4-16(10-18)27(30,31)32)45-14-24(41)37-22-11-17(28(33,34)35)6-7-21(22)29/h3-12H,13-14H2,1-2H3,(H,36,42)(H,37,41). The maximum absolute atomic E-state index is 13.5. The van der Waals surface area contributed by atoms with Crippen LogP contribution in [0.5, 0.6) is 11.5 Å². The molecule has 1 heterocycles. The fourth-order valence-corrected chi connectivity index (χ4v) is 4.84. The largest absolute Gasteiger partial charge is 0.497 e. The van der Waals surface area contributed by atoms with Crippen molar-refractivity contribution in [2.24, 2.45) is 0 Å². The Balaban J connectivity index is 1.59. The summed E-state index contributed by atoms with van der Waals surface area (Å²) in [6.07, 6.45) is -9.36. The van der Waals surface area contributed by atoms with E-state index >= 15 is 0 Å². The first kappa shape index (κ1) is 33.5. The Morgan fingerprint density at radius 3 is 2.16 bits per heavy atom. The molecular formula is C28H22ClF6N5O4S. The summed E-state index contributed by atoms with van der Waals surface area (Å²) < 4.78 is 91.4. The van der Waals surface area contributed by atoms with E-state index in [1.54, 1.807) is 6.07 Å². The lowest BCUT2D eigenvalue weighted by Crippen LogP contribution is -2.25. The molecule has 9 nitrogen and oxygen atoms in total. The van der Waals surface area contributed by atoms with E-state index in [4.69, 9.17) is 21.1 Å². The number of nitrogens with one attached hydrogen (secondary N) is 2. The van der Waals surface area contributed by atoms with Crippen molar-refractivity contribution in [1.29, 1.82) is 0 Å². The molecule has 17 heteroatoms. The number of methoxy groups -OCH3 is 2.